The molecule has 120 valence electrons. The van der Waals surface area contributed by atoms with Crippen molar-refractivity contribution >= 4 is 40.8 Å². The first-order chi connectivity index (χ1) is 10.9. The summed E-state index contributed by atoms with van der Waals surface area (Å²) in [5, 5.41) is 3.28. The summed E-state index contributed by atoms with van der Waals surface area (Å²) >= 11 is 11.7. The second-order valence-corrected chi connectivity index (χ2v) is 5.87. The van der Waals surface area contributed by atoms with Gasteiger partial charge in [0.2, 0.25) is 0 Å². The molecule has 1 atom stereocenters. The number of esters is 1. The molecule has 6 heteroatoms. The number of amides is 1. The summed E-state index contributed by atoms with van der Waals surface area (Å²) in [5.41, 5.74) is 1.81. The molecule has 0 fully saturated rings. The van der Waals surface area contributed by atoms with E-state index >= 15 is 0 Å². The lowest BCUT2D eigenvalue weighted by Gasteiger charge is -2.14. The number of ether oxygens (including phenoxy) is 1. The van der Waals surface area contributed by atoms with Crippen LogP contribution in [0.25, 0.3) is 0 Å². The van der Waals surface area contributed by atoms with E-state index in [9.17, 15) is 9.59 Å². The first-order valence-corrected chi connectivity index (χ1v) is 7.66. The lowest BCUT2D eigenvalue weighted by Crippen LogP contribution is -2.30. The summed E-state index contributed by atoms with van der Waals surface area (Å²) in [6.07, 6.45) is -0.963. The van der Waals surface area contributed by atoms with Crippen LogP contribution in [0.5, 0.6) is 0 Å². The SMILES string of the molecule is Cc1cccc(NC(=O)[C@@H](C)OC(=O)c2ccc(Cl)cc2Cl)c1. The molecule has 0 saturated carbocycles. The van der Waals surface area contributed by atoms with Crippen LogP contribution in [-0.4, -0.2) is 18.0 Å². The summed E-state index contributed by atoms with van der Waals surface area (Å²) in [5.74, 6) is -1.10. The van der Waals surface area contributed by atoms with Crippen molar-refractivity contribution in [3.8, 4) is 0 Å². The molecular weight excluding hydrogens is 337 g/mol. The van der Waals surface area contributed by atoms with E-state index < -0.39 is 18.0 Å². The molecule has 2 rings (SSSR count). The van der Waals surface area contributed by atoms with Gasteiger partial charge in [0.05, 0.1) is 10.6 Å². The second-order valence-electron chi connectivity index (χ2n) is 5.03. The lowest BCUT2D eigenvalue weighted by atomic mass is 10.2. The van der Waals surface area contributed by atoms with Gasteiger partial charge >= 0.3 is 5.97 Å². The van der Waals surface area contributed by atoms with Gasteiger partial charge in [-0.05, 0) is 49.7 Å². The highest BCUT2D eigenvalue weighted by molar-refractivity contribution is 6.36. The van der Waals surface area contributed by atoms with Gasteiger partial charge in [0.1, 0.15) is 0 Å². The maximum atomic E-state index is 12.1. The Morgan fingerprint density at radius 2 is 1.87 bits per heavy atom. The van der Waals surface area contributed by atoms with Crippen molar-refractivity contribution < 1.29 is 14.3 Å². The lowest BCUT2D eigenvalue weighted by molar-refractivity contribution is -0.123. The van der Waals surface area contributed by atoms with E-state index in [2.05, 4.69) is 5.32 Å². The van der Waals surface area contributed by atoms with Gasteiger partial charge in [-0.2, -0.15) is 0 Å². The maximum Gasteiger partial charge on any atom is 0.340 e. The van der Waals surface area contributed by atoms with E-state index in [1.54, 1.807) is 6.07 Å². The minimum atomic E-state index is -0.963. The monoisotopic (exact) mass is 351 g/mol. The van der Waals surface area contributed by atoms with Crippen molar-refractivity contribution in [2.45, 2.75) is 20.0 Å². The smallest absolute Gasteiger partial charge is 0.340 e. The highest BCUT2D eigenvalue weighted by Crippen LogP contribution is 2.22. The minimum absolute atomic E-state index is 0.159. The molecule has 2 aromatic carbocycles. The zero-order chi connectivity index (χ0) is 17.0. The summed E-state index contributed by atoms with van der Waals surface area (Å²) in [7, 11) is 0. The molecule has 0 aliphatic carbocycles. The number of nitrogens with one attached hydrogen (secondary N) is 1. The van der Waals surface area contributed by atoms with E-state index in [0.717, 1.165) is 5.56 Å². The molecule has 1 N–H and O–H groups in total. The van der Waals surface area contributed by atoms with Crippen LogP contribution in [0.15, 0.2) is 42.5 Å². The van der Waals surface area contributed by atoms with Crippen molar-refractivity contribution in [3.63, 3.8) is 0 Å². The fraction of sp³-hybridized carbons (Fsp3) is 0.176. The average Bonchev–Trinajstić information content (AvgIpc) is 2.46. The molecule has 0 saturated heterocycles. The van der Waals surface area contributed by atoms with Crippen molar-refractivity contribution in [3.05, 3.63) is 63.6 Å². The Balaban J connectivity index is 2.01. The third-order valence-corrected chi connectivity index (χ3v) is 3.64. The van der Waals surface area contributed by atoms with Gasteiger partial charge in [-0.25, -0.2) is 4.79 Å². The van der Waals surface area contributed by atoms with Crippen molar-refractivity contribution in [2.75, 3.05) is 5.32 Å². The predicted octanol–water partition coefficient (Wildman–Crippen LogP) is 4.49. The summed E-state index contributed by atoms with van der Waals surface area (Å²) in [6, 6.07) is 11.8. The molecule has 0 aliphatic rings. The highest BCUT2D eigenvalue weighted by atomic mass is 35.5. The Labute approximate surface area is 144 Å². The molecule has 0 bridgehead atoms. The quantitative estimate of drug-likeness (QED) is 0.825. The fourth-order valence-electron chi connectivity index (χ4n) is 1.90. The predicted molar refractivity (Wildman–Crippen MR) is 91.1 cm³/mol. The van der Waals surface area contributed by atoms with Crippen molar-refractivity contribution in [1.82, 2.24) is 0 Å². The average molecular weight is 352 g/mol. The van der Waals surface area contributed by atoms with E-state index in [0.29, 0.717) is 10.7 Å². The number of rotatable bonds is 4. The third kappa shape index (κ3) is 4.71. The first kappa shape index (κ1) is 17.3. The molecule has 2 aromatic rings. The number of hydrogen-bond donors (Lipinski definition) is 1. The topological polar surface area (TPSA) is 55.4 Å². The fourth-order valence-corrected chi connectivity index (χ4v) is 2.38. The first-order valence-electron chi connectivity index (χ1n) is 6.90. The van der Waals surface area contributed by atoms with Gasteiger partial charge < -0.3 is 10.1 Å². The highest BCUT2D eigenvalue weighted by Gasteiger charge is 2.20. The number of halogens is 2. The third-order valence-electron chi connectivity index (χ3n) is 3.09. The molecule has 4 nitrogen and oxygen atoms in total. The summed E-state index contributed by atoms with van der Waals surface area (Å²) in [6.45, 7) is 3.41. The number of carbonyl (C=O) groups excluding carboxylic acids is 2. The normalized spacial score (nSPS) is 11.7. The Morgan fingerprint density at radius 1 is 1.13 bits per heavy atom. The van der Waals surface area contributed by atoms with Crippen LogP contribution in [0.4, 0.5) is 5.69 Å². The Bertz CT molecular complexity index is 746. The van der Waals surface area contributed by atoms with Crippen LogP contribution in [-0.2, 0) is 9.53 Å². The molecule has 0 radical (unpaired) electrons. The number of aryl methyl sites for hydroxylation is 1. The molecule has 23 heavy (non-hydrogen) atoms. The van der Waals surface area contributed by atoms with Crippen LogP contribution in [0.2, 0.25) is 10.0 Å². The zero-order valence-corrected chi connectivity index (χ0v) is 14.1. The second kappa shape index (κ2) is 7.49. The van der Waals surface area contributed by atoms with Crippen LogP contribution in [0, 0.1) is 6.92 Å². The van der Waals surface area contributed by atoms with Gasteiger partial charge in [-0.15, -0.1) is 0 Å². The van der Waals surface area contributed by atoms with Crippen molar-refractivity contribution in [2.24, 2.45) is 0 Å². The molecule has 0 aliphatic heterocycles. The van der Waals surface area contributed by atoms with Crippen LogP contribution < -0.4 is 5.32 Å². The minimum Gasteiger partial charge on any atom is -0.449 e. The van der Waals surface area contributed by atoms with Gasteiger partial charge in [0.25, 0.3) is 5.91 Å². The van der Waals surface area contributed by atoms with E-state index in [-0.39, 0.29) is 10.6 Å². The largest absolute Gasteiger partial charge is 0.449 e. The standard InChI is InChI=1S/C17H15Cl2NO3/c1-10-4-3-5-13(8-10)20-16(21)11(2)23-17(22)14-7-6-12(18)9-15(14)19/h3-9,11H,1-2H3,(H,20,21)/t11-/m1/s1. The van der Waals surface area contributed by atoms with E-state index in [4.69, 9.17) is 27.9 Å². The molecule has 0 spiro atoms. The van der Waals surface area contributed by atoms with Crippen LogP contribution in [0.1, 0.15) is 22.8 Å². The molecule has 0 unspecified atom stereocenters. The van der Waals surface area contributed by atoms with E-state index in [1.807, 2.05) is 25.1 Å². The summed E-state index contributed by atoms with van der Waals surface area (Å²) in [4.78, 5) is 24.2. The van der Waals surface area contributed by atoms with E-state index in [1.165, 1.54) is 25.1 Å². The molecule has 1 amide bonds. The van der Waals surface area contributed by atoms with Gasteiger partial charge in [0, 0.05) is 10.7 Å². The Kier molecular flexibility index (Phi) is 5.64. The number of benzene rings is 2. The number of anilines is 1. The van der Waals surface area contributed by atoms with Crippen molar-refractivity contribution in [1.29, 1.82) is 0 Å². The Hall–Kier alpha value is -2.04. The molecule has 0 heterocycles. The van der Waals surface area contributed by atoms with Gasteiger partial charge in [-0.1, -0.05) is 35.3 Å². The van der Waals surface area contributed by atoms with Crippen LogP contribution >= 0.6 is 23.2 Å². The molecule has 0 aromatic heterocycles. The van der Waals surface area contributed by atoms with Gasteiger partial charge in [-0.3, -0.25) is 4.79 Å². The zero-order valence-electron chi connectivity index (χ0n) is 12.6. The summed E-state index contributed by atoms with van der Waals surface area (Å²) < 4.78 is 5.14. The maximum absolute atomic E-state index is 12.1. The van der Waals surface area contributed by atoms with Crippen LogP contribution in [0.3, 0.4) is 0 Å². The number of hydrogen-bond acceptors (Lipinski definition) is 3. The van der Waals surface area contributed by atoms with Gasteiger partial charge in [0.15, 0.2) is 6.10 Å². The molecular formula is C17H15Cl2NO3. The Morgan fingerprint density at radius 3 is 2.52 bits per heavy atom. The number of carbonyl (C=O) groups is 2.